The third-order valence-electron chi connectivity index (χ3n) is 12.5. The summed E-state index contributed by atoms with van der Waals surface area (Å²) in [6.45, 7) is 4.72. The molecule has 0 fully saturated rings. The molecular weight excluding hydrogens is 703 g/mol. The zero-order valence-corrected chi connectivity index (χ0v) is 33.1. The van der Waals surface area contributed by atoms with Gasteiger partial charge in [-0.3, -0.25) is 0 Å². The minimum Gasteiger partial charge on any atom is -0.405 e. The largest absolute Gasteiger partial charge is 0.405 e. The second kappa shape index (κ2) is 14.6. The SMILES string of the molecule is CC1(C)c2ccccc2-c2ccc(N(C3=CCC(c4ccc5c(c4)c4ccccc4n5-c4ccccc4)C=C3)c3ccc(C4=C(/C=C\C=C/N)CCC=C4)cc3)cc21. The standard InChI is InChI=1S/C55H47N3/c1-55(2)51-21-10-8-19-47(51)48-33-32-45(37-52(48)55)57(44-30-25-40(26-31-44)46-18-7-6-14-39(46)15-12-13-35-56)43-28-23-38(24-29-43)41-27-34-54-50(36-41)49-20-9-11-22-53(49)58(54)42-16-4-3-5-17-42/h3-5,7-13,15-23,25-38H,6,14,24,56H2,1-2H3/b15-12-,35-13-. The first-order valence-corrected chi connectivity index (χ1v) is 20.6. The van der Waals surface area contributed by atoms with E-state index >= 15 is 0 Å². The molecule has 1 unspecified atom stereocenters. The highest BCUT2D eigenvalue weighted by molar-refractivity contribution is 6.09. The maximum atomic E-state index is 5.63. The summed E-state index contributed by atoms with van der Waals surface area (Å²) in [7, 11) is 0. The second-order valence-electron chi connectivity index (χ2n) is 16.2. The summed E-state index contributed by atoms with van der Waals surface area (Å²) < 4.78 is 2.39. The lowest BCUT2D eigenvalue weighted by Gasteiger charge is -2.31. The van der Waals surface area contributed by atoms with Gasteiger partial charge in [0, 0.05) is 44.9 Å². The van der Waals surface area contributed by atoms with Crippen molar-refractivity contribution in [3.8, 4) is 16.8 Å². The summed E-state index contributed by atoms with van der Waals surface area (Å²) in [4.78, 5) is 2.45. The highest BCUT2D eigenvalue weighted by Crippen LogP contribution is 2.50. The molecule has 3 aliphatic carbocycles. The Bertz CT molecular complexity index is 2890. The number of anilines is 2. The molecule has 1 aromatic heterocycles. The Balaban J connectivity index is 1.02. The number of hydrogen-bond acceptors (Lipinski definition) is 2. The van der Waals surface area contributed by atoms with Crippen LogP contribution in [0.3, 0.4) is 0 Å². The minimum atomic E-state index is -0.0928. The van der Waals surface area contributed by atoms with E-state index in [0.717, 1.165) is 24.9 Å². The Morgan fingerprint density at radius 2 is 1.45 bits per heavy atom. The van der Waals surface area contributed by atoms with Crippen molar-refractivity contribution >= 4 is 38.8 Å². The van der Waals surface area contributed by atoms with Gasteiger partial charge in [0.05, 0.1) is 11.0 Å². The smallest absolute Gasteiger partial charge is 0.0541 e. The third kappa shape index (κ3) is 6.06. The number of allylic oxidation sites excluding steroid dienone is 10. The summed E-state index contributed by atoms with van der Waals surface area (Å²) in [5.41, 5.74) is 23.3. The molecule has 1 atom stereocenters. The van der Waals surface area contributed by atoms with E-state index in [9.17, 15) is 0 Å². The van der Waals surface area contributed by atoms with Gasteiger partial charge in [0.15, 0.2) is 0 Å². The zero-order chi connectivity index (χ0) is 39.2. The van der Waals surface area contributed by atoms with Crippen LogP contribution in [0.25, 0.3) is 44.2 Å². The lowest BCUT2D eigenvalue weighted by Crippen LogP contribution is -2.19. The molecule has 0 amide bonds. The van der Waals surface area contributed by atoms with Gasteiger partial charge in [0.1, 0.15) is 0 Å². The molecule has 1 heterocycles. The Labute approximate surface area is 341 Å². The van der Waals surface area contributed by atoms with Crippen LogP contribution in [-0.2, 0) is 5.41 Å². The molecule has 3 aliphatic rings. The molecule has 6 aromatic carbocycles. The second-order valence-corrected chi connectivity index (χ2v) is 16.2. The highest BCUT2D eigenvalue weighted by atomic mass is 15.1. The van der Waals surface area contributed by atoms with Crippen molar-refractivity contribution in [1.29, 1.82) is 0 Å². The normalized spacial score (nSPS) is 17.1. The molecule has 3 heteroatoms. The summed E-state index contributed by atoms with van der Waals surface area (Å²) in [6, 6.07) is 51.6. The predicted octanol–water partition coefficient (Wildman–Crippen LogP) is 14.0. The number of para-hydroxylation sites is 2. The lowest BCUT2D eigenvalue weighted by molar-refractivity contribution is 0.660. The number of fused-ring (bicyclic) bond motifs is 6. The van der Waals surface area contributed by atoms with Gasteiger partial charge >= 0.3 is 0 Å². The number of nitrogens with zero attached hydrogens (tertiary/aromatic N) is 2. The molecule has 58 heavy (non-hydrogen) atoms. The number of hydrogen-bond donors (Lipinski definition) is 1. The number of aromatic nitrogens is 1. The van der Waals surface area contributed by atoms with Crippen LogP contribution in [0.4, 0.5) is 11.4 Å². The molecule has 0 aliphatic heterocycles. The van der Waals surface area contributed by atoms with E-state index in [1.54, 1.807) is 6.20 Å². The average Bonchev–Trinajstić information content (AvgIpc) is 3.72. The van der Waals surface area contributed by atoms with Crippen molar-refractivity contribution in [1.82, 2.24) is 4.57 Å². The Morgan fingerprint density at radius 1 is 0.690 bits per heavy atom. The van der Waals surface area contributed by atoms with E-state index < -0.39 is 0 Å². The van der Waals surface area contributed by atoms with E-state index in [1.807, 2.05) is 12.2 Å². The van der Waals surface area contributed by atoms with Gasteiger partial charge < -0.3 is 15.2 Å². The Morgan fingerprint density at radius 3 is 2.28 bits per heavy atom. The van der Waals surface area contributed by atoms with E-state index in [4.69, 9.17) is 5.73 Å². The molecular formula is C55H47N3. The third-order valence-corrected chi connectivity index (χ3v) is 12.5. The predicted molar refractivity (Wildman–Crippen MR) is 246 cm³/mol. The van der Waals surface area contributed by atoms with Crippen LogP contribution in [0.5, 0.6) is 0 Å². The van der Waals surface area contributed by atoms with Crippen LogP contribution in [0, 0.1) is 0 Å². The zero-order valence-electron chi connectivity index (χ0n) is 33.1. The highest BCUT2D eigenvalue weighted by Gasteiger charge is 2.36. The van der Waals surface area contributed by atoms with Crippen molar-refractivity contribution in [3.05, 3.63) is 228 Å². The van der Waals surface area contributed by atoms with Crippen LogP contribution < -0.4 is 10.6 Å². The summed E-state index contributed by atoms with van der Waals surface area (Å²) in [5.74, 6) is 0.273. The molecule has 0 saturated heterocycles. The van der Waals surface area contributed by atoms with Crippen LogP contribution in [-0.4, -0.2) is 4.57 Å². The molecule has 0 radical (unpaired) electrons. The molecule has 2 N–H and O–H groups in total. The number of rotatable bonds is 8. The Hall–Kier alpha value is -6.84. The molecule has 3 nitrogen and oxygen atoms in total. The first-order chi connectivity index (χ1) is 28.5. The van der Waals surface area contributed by atoms with Crippen molar-refractivity contribution in [2.24, 2.45) is 5.73 Å². The maximum Gasteiger partial charge on any atom is 0.0541 e. The van der Waals surface area contributed by atoms with E-state index in [1.165, 1.54) is 83.4 Å². The fourth-order valence-electron chi connectivity index (χ4n) is 9.54. The summed E-state index contributed by atoms with van der Waals surface area (Å²) >= 11 is 0. The van der Waals surface area contributed by atoms with Crippen molar-refractivity contribution in [2.75, 3.05) is 4.90 Å². The van der Waals surface area contributed by atoms with Crippen LogP contribution in [0.2, 0.25) is 0 Å². The van der Waals surface area contributed by atoms with Gasteiger partial charge in [-0.05, 0) is 137 Å². The van der Waals surface area contributed by atoms with Gasteiger partial charge in [0.25, 0.3) is 0 Å². The van der Waals surface area contributed by atoms with Crippen LogP contribution in [0.15, 0.2) is 206 Å². The van der Waals surface area contributed by atoms with Gasteiger partial charge in [-0.15, -0.1) is 0 Å². The fraction of sp³-hybridized carbons (Fsp3) is 0.127. The fourth-order valence-corrected chi connectivity index (χ4v) is 9.54. The van der Waals surface area contributed by atoms with Gasteiger partial charge in [-0.1, -0.05) is 135 Å². The maximum absolute atomic E-state index is 5.63. The van der Waals surface area contributed by atoms with Crippen molar-refractivity contribution < 1.29 is 0 Å². The molecule has 7 aromatic rings. The molecule has 0 bridgehead atoms. The van der Waals surface area contributed by atoms with Crippen molar-refractivity contribution in [3.63, 3.8) is 0 Å². The van der Waals surface area contributed by atoms with Crippen LogP contribution in [0.1, 0.15) is 61.3 Å². The number of benzene rings is 6. The average molecular weight is 750 g/mol. The van der Waals surface area contributed by atoms with Gasteiger partial charge in [0.2, 0.25) is 0 Å². The molecule has 0 spiro atoms. The van der Waals surface area contributed by atoms with E-state index in [-0.39, 0.29) is 11.3 Å². The number of nitrogens with two attached hydrogens (primary N) is 1. The minimum absolute atomic E-state index is 0.0928. The summed E-state index contributed by atoms with van der Waals surface area (Å²) in [6.07, 6.45) is 22.4. The molecule has 0 saturated carbocycles. The van der Waals surface area contributed by atoms with Gasteiger partial charge in [-0.2, -0.15) is 0 Å². The van der Waals surface area contributed by atoms with E-state index in [2.05, 4.69) is 199 Å². The topological polar surface area (TPSA) is 34.2 Å². The monoisotopic (exact) mass is 749 g/mol. The molecule has 10 rings (SSSR count). The van der Waals surface area contributed by atoms with Crippen LogP contribution >= 0.6 is 0 Å². The summed E-state index contributed by atoms with van der Waals surface area (Å²) in [5, 5.41) is 2.58. The first kappa shape index (κ1) is 35.6. The lowest BCUT2D eigenvalue weighted by atomic mass is 9.82. The first-order valence-electron chi connectivity index (χ1n) is 20.6. The Kier molecular flexibility index (Phi) is 8.94. The van der Waals surface area contributed by atoms with E-state index in [0.29, 0.717) is 0 Å². The quantitative estimate of drug-likeness (QED) is 0.157. The van der Waals surface area contributed by atoms with Crippen molar-refractivity contribution in [2.45, 2.75) is 44.4 Å². The molecule has 282 valence electrons. The van der Waals surface area contributed by atoms with Gasteiger partial charge in [-0.25, -0.2) is 0 Å².